The molecule has 0 N–H and O–H groups in total. The number of rotatable bonds is 4. The minimum absolute atomic E-state index is 0.123. The second-order valence-electron chi connectivity index (χ2n) is 6.26. The normalized spacial score (nSPS) is 22.2. The van der Waals surface area contributed by atoms with Gasteiger partial charge in [0, 0.05) is 19.6 Å². The average Bonchev–Trinajstić information content (AvgIpc) is 3.03. The van der Waals surface area contributed by atoms with Crippen LogP contribution in [-0.2, 0) is 16.1 Å². The van der Waals surface area contributed by atoms with E-state index in [1.807, 2.05) is 4.90 Å². The summed E-state index contributed by atoms with van der Waals surface area (Å²) in [5, 5.41) is 0. The molecule has 0 unspecified atom stereocenters. The van der Waals surface area contributed by atoms with E-state index in [2.05, 4.69) is 9.64 Å². The van der Waals surface area contributed by atoms with Gasteiger partial charge in [-0.2, -0.15) is 0 Å². The molecule has 1 aromatic rings. The molecule has 1 aromatic carbocycles. The van der Waals surface area contributed by atoms with Crippen molar-refractivity contribution in [3.63, 3.8) is 0 Å². The van der Waals surface area contributed by atoms with Crippen molar-refractivity contribution >= 4 is 5.91 Å². The lowest BCUT2D eigenvalue weighted by atomic mass is 10.1. The fourth-order valence-corrected chi connectivity index (χ4v) is 3.32. The number of hydrogen-bond donors (Lipinski definition) is 0. The number of hydrogen-bond acceptors (Lipinski definition) is 4. The fourth-order valence-electron chi connectivity index (χ4n) is 3.32. The lowest BCUT2D eigenvalue weighted by molar-refractivity contribution is -0.274. The van der Waals surface area contributed by atoms with Gasteiger partial charge in [-0.15, -0.1) is 13.2 Å². The van der Waals surface area contributed by atoms with E-state index in [0.717, 1.165) is 24.9 Å². The van der Waals surface area contributed by atoms with Crippen LogP contribution in [0.4, 0.5) is 13.2 Å². The molecule has 0 aliphatic carbocycles. The molecule has 8 heteroatoms. The highest BCUT2D eigenvalue weighted by atomic mass is 19.4. The van der Waals surface area contributed by atoms with Crippen LogP contribution in [0.25, 0.3) is 0 Å². The summed E-state index contributed by atoms with van der Waals surface area (Å²) in [6.45, 7) is 3.71. The SMILES string of the molecule is O=C([C@@H]1CCCN1Cc1ccc(OC(F)(F)F)cc1)N1CCOCC1. The molecule has 138 valence electrons. The van der Waals surface area contributed by atoms with E-state index in [4.69, 9.17) is 4.74 Å². The van der Waals surface area contributed by atoms with E-state index in [0.29, 0.717) is 32.8 Å². The molecule has 1 atom stereocenters. The largest absolute Gasteiger partial charge is 0.573 e. The summed E-state index contributed by atoms with van der Waals surface area (Å²) in [7, 11) is 0. The maximum atomic E-state index is 12.7. The molecule has 2 aliphatic rings. The molecule has 0 saturated carbocycles. The third-order valence-electron chi connectivity index (χ3n) is 4.51. The first-order valence-electron chi connectivity index (χ1n) is 8.38. The molecule has 2 saturated heterocycles. The molecule has 2 heterocycles. The molecule has 1 amide bonds. The van der Waals surface area contributed by atoms with Gasteiger partial charge in [-0.3, -0.25) is 9.69 Å². The monoisotopic (exact) mass is 358 g/mol. The van der Waals surface area contributed by atoms with Crippen LogP contribution < -0.4 is 4.74 Å². The van der Waals surface area contributed by atoms with Crippen LogP contribution in [0.3, 0.4) is 0 Å². The van der Waals surface area contributed by atoms with Gasteiger partial charge in [0.1, 0.15) is 5.75 Å². The highest BCUT2D eigenvalue weighted by Gasteiger charge is 2.34. The van der Waals surface area contributed by atoms with Crippen LogP contribution in [0, 0.1) is 0 Å². The number of alkyl halides is 3. The summed E-state index contributed by atoms with van der Waals surface area (Å²) in [5.74, 6) is -0.114. The minimum Gasteiger partial charge on any atom is -0.406 e. The van der Waals surface area contributed by atoms with E-state index in [9.17, 15) is 18.0 Å². The highest BCUT2D eigenvalue weighted by molar-refractivity contribution is 5.82. The lowest BCUT2D eigenvalue weighted by Crippen LogP contribution is -2.49. The van der Waals surface area contributed by atoms with Gasteiger partial charge >= 0.3 is 6.36 Å². The van der Waals surface area contributed by atoms with E-state index in [1.54, 1.807) is 12.1 Å². The maximum Gasteiger partial charge on any atom is 0.573 e. The quantitative estimate of drug-likeness (QED) is 0.829. The topological polar surface area (TPSA) is 42.0 Å². The van der Waals surface area contributed by atoms with Gasteiger partial charge < -0.3 is 14.4 Å². The zero-order valence-electron chi connectivity index (χ0n) is 13.8. The van der Waals surface area contributed by atoms with Gasteiger partial charge in [0.15, 0.2) is 0 Å². The second kappa shape index (κ2) is 7.61. The van der Waals surface area contributed by atoms with Crippen molar-refractivity contribution in [2.75, 3.05) is 32.8 Å². The van der Waals surface area contributed by atoms with Crippen LogP contribution in [-0.4, -0.2) is 61.0 Å². The summed E-state index contributed by atoms with van der Waals surface area (Å²) in [5.41, 5.74) is 0.858. The first-order valence-corrected chi connectivity index (χ1v) is 8.38. The predicted octanol–water partition coefficient (Wildman–Crippen LogP) is 2.41. The van der Waals surface area contributed by atoms with E-state index in [-0.39, 0.29) is 17.7 Å². The Morgan fingerprint density at radius 3 is 2.48 bits per heavy atom. The van der Waals surface area contributed by atoms with Crippen molar-refractivity contribution in [3.05, 3.63) is 29.8 Å². The van der Waals surface area contributed by atoms with Gasteiger partial charge in [0.05, 0.1) is 19.3 Å². The molecule has 0 bridgehead atoms. The molecular formula is C17H21F3N2O3. The highest BCUT2D eigenvalue weighted by Crippen LogP contribution is 2.25. The number of amides is 1. The molecule has 5 nitrogen and oxygen atoms in total. The molecule has 25 heavy (non-hydrogen) atoms. The van der Waals surface area contributed by atoms with E-state index in [1.165, 1.54) is 12.1 Å². The Kier molecular flexibility index (Phi) is 5.48. The Morgan fingerprint density at radius 2 is 1.84 bits per heavy atom. The maximum absolute atomic E-state index is 12.7. The Hall–Kier alpha value is -1.80. The number of morpholine rings is 1. The van der Waals surface area contributed by atoms with Gasteiger partial charge in [0.2, 0.25) is 5.91 Å². The lowest BCUT2D eigenvalue weighted by Gasteiger charge is -2.32. The summed E-state index contributed by atoms with van der Waals surface area (Å²) in [6, 6.07) is 5.66. The third-order valence-corrected chi connectivity index (χ3v) is 4.51. The Bertz CT molecular complexity index is 586. The number of benzene rings is 1. The van der Waals surface area contributed by atoms with Crippen molar-refractivity contribution in [3.8, 4) is 5.75 Å². The number of ether oxygens (including phenoxy) is 2. The number of carbonyl (C=O) groups excluding carboxylic acids is 1. The van der Waals surface area contributed by atoms with Crippen LogP contribution in [0.15, 0.2) is 24.3 Å². The van der Waals surface area contributed by atoms with Gasteiger partial charge in [-0.05, 0) is 37.1 Å². The minimum atomic E-state index is -4.69. The van der Waals surface area contributed by atoms with Gasteiger partial charge in [-0.25, -0.2) is 0 Å². The standard InChI is InChI=1S/C17H21F3N2O3/c18-17(19,20)25-14-5-3-13(4-6-14)12-22-7-1-2-15(22)16(23)21-8-10-24-11-9-21/h3-6,15H,1-2,7-12H2/t15-/m0/s1. The van der Waals surface area contributed by atoms with Crippen LogP contribution in [0.1, 0.15) is 18.4 Å². The van der Waals surface area contributed by atoms with Gasteiger partial charge in [0.25, 0.3) is 0 Å². The molecule has 2 fully saturated rings. The van der Waals surface area contributed by atoms with Crippen LogP contribution in [0.2, 0.25) is 0 Å². The average molecular weight is 358 g/mol. The zero-order chi connectivity index (χ0) is 17.9. The summed E-state index contributed by atoms with van der Waals surface area (Å²) < 4.78 is 45.8. The van der Waals surface area contributed by atoms with E-state index < -0.39 is 6.36 Å². The van der Waals surface area contributed by atoms with Crippen LogP contribution in [0.5, 0.6) is 5.75 Å². The van der Waals surface area contributed by atoms with Crippen molar-refractivity contribution in [1.82, 2.24) is 9.80 Å². The first-order chi connectivity index (χ1) is 11.9. The number of carbonyl (C=O) groups is 1. The van der Waals surface area contributed by atoms with Crippen molar-refractivity contribution in [1.29, 1.82) is 0 Å². The number of nitrogens with zero attached hydrogens (tertiary/aromatic N) is 2. The summed E-state index contributed by atoms with van der Waals surface area (Å²) in [4.78, 5) is 16.6. The predicted molar refractivity (Wildman–Crippen MR) is 84.0 cm³/mol. The zero-order valence-corrected chi connectivity index (χ0v) is 13.8. The summed E-state index contributed by atoms with van der Waals surface area (Å²) >= 11 is 0. The van der Waals surface area contributed by atoms with Crippen LogP contribution >= 0.6 is 0 Å². The van der Waals surface area contributed by atoms with Crippen molar-refractivity contribution in [2.24, 2.45) is 0 Å². The second-order valence-corrected chi connectivity index (χ2v) is 6.26. The van der Waals surface area contributed by atoms with Crippen molar-refractivity contribution < 1.29 is 27.4 Å². The number of halogens is 3. The molecule has 0 aromatic heterocycles. The fraction of sp³-hybridized carbons (Fsp3) is 0.588. The molecule has 0 radical (unpaired) electrons. The first kappa shape index (κ1) is 18.0. The molecule has 0 spiro atoms. The molecular weight excluding hydrogens is 337 g/mol. The summed E-state index contributed by atoms with van der Waals surface area (Å²) in [6.07, 6.45) is -2.94. The number of likely N-dealkylation sites (tertiary alicyclic amines) is 1. The third kappa shape index (κ3) is 4.85. The Labute approximate surface area is 144 Å². The van der Waals surface area contributed by atoms with Gasteiger partial charge in [-0.1, -0.05) is 12.1 Å². The molecule has 3 rings (SSSR count). The Morgan fingerprint density at radius 1 is 1.16 bits per heavy atom. The smallest absolute Gasteiger partial charge is 0.406 e. The Balaban J connectivity index is 1.60. The van der Waals surface area contributed by atoms with Crippen molar-refractivity contribution in [2.45, 2.75) is 31.8 Å². The molecule has 2 aliphatic heterocycles. The van der Waals surface area contributed by atoms with E-state index >= 15 is 0 Å².